The molecule has 1 amide bonds. The van der Waals surface area contributed by atoms with Crippen LogP contribution in [0.2, 0.25) is 0 Å². The van der Waals surface area contributed by atoms with Gasteiger partial charge >= 0.3 is 6.09 Å². The van der Waals surface area contributed by atoms with E-state index in [9.17, 15) is 9.90 Å². The normalized spacial score (nSPS) is 15.6. The van der Waals surface area contributed by atoms with E-state index in [0.29, 0.717) is 13.1 Å². The summed E-state index contributed by atoms with van der Waals surface area (Å²) in [6.07, 6.45) is -0.0491. The maximum atomic E-state index is 11.5. The zero-order valence-corrected chi connectivity index (χ0v) is 14.0. The Hall–Kier alpha value is -0.810. The minimum atomic E-state index is -0.482. The predicted molar refractivity (Wildman–Crippen MR) is 81.8 cm³/mol. The molecule has 0 spiro atoms. The van der Waals surface area contributed by atoms with Gasteiger partial charge in [-0.15, -0.1) is 0 Å². The van der Waals surface area contributed by atoms with Crippen LogP contribution in [-0.2, 0) is 4.74 Å². The third-order valence-electron chi connectivity index (χ3n) is 2.50. The number of carbonyl (C=O) groups excluding carboxylic acids is 1. The molecule has 2 atom stereocenters. The van der Waals surface area contributed by atoms with Crippen LogP contribution in [0, 0.1) is 5.41 Å². The molecule has 0 saturated heterocycles. The summed E-state index contributed by atoms with van der Waals surface area (Å²) < 4.78 is 5.15. The van der Waals surface area contributed by atoms with Crippen molar-refractivity contribution < 1.29 is 14.6 Å². The molecule has 0 aliphatic carbocycles. The molecule has 120 valence electrons. The summed E-state index contributed by atoms with van der Waals surface area (Å²) >= 11 is 0. The molecule has 0 saturated carbocycles. The minimum Gasteiger partial charge on any atom is -0.444 e. The fourth-order valence-corrected chi connectivity index (χ4v) is 1.74. The average molecular weight is 288 g/mol. The van der Waals surface area contributed by atoms with E-state index in [1.54, 1.807) is 0 Å². The third-order valence-corrected chi connectivity index (χ3v) is 2.50. The fraction of sp³-hybridized carbons (Fsp3) is 0.933. The van der Waals surface area contributed by atoms with Crippen molar-refractivity contribution in [3.05, 3.63) is 0 Å². The summed E-state index contributed by atoms with van der Waals surface area (Å²) in [4.78, 5) is 11.5. The number of nitrogens with one attached hydrogen (secondary N) is 2. The molecular weight excluding hydrogens is 256 g/mol. The molecule has 5 nitrogen and oxygen atoms in total. The molecule has 0 radical (unpaired) electrons. The molecule has 3 N–H and O–H groups in total. The molecule has 0 fully saturated rings. The number of alkyl carbamates (subject to hydrolysis) is 1. The molecule has 0 aliphatic heterocycles. The van der Waals surface area contributed by atoms with Gasteiger partial charge in [0.2, 0.25) is 0 Å². The first-order valence-electron chi connectivity index (χ1n) is 7.27. The number of hydrogen-bond donors (Lipinski definition) is 3. The third kappa shape index (κ3) is 12.2. The SMILES string of the molecule is CC(CNC(=O)OC(C)(C)C)NCC(O)CC(C)(C)C. The van der Waals surface area contributed by atoms with Crippen molar-refractivity contribution in [2.24, 2.45) is 5.41 Å². The fourth-order valence-electron chi connectivity index (χ4n) is 1.74. The molecule has 5 heteroatoms. The maximum absolute atomic E-state index is 11.5. The Labute approximate surface area is 123 Å². The first kappa shape index (κ1) is 19.2. The number of aliphatic hydroxyl groups excluding tert-OH is 1. The van der Waals surface area contributed by atoms with Crippen molar-refractivity contribution in [2.45, 2.75) is 72.6 Å². The van der Waals surface area contributed by atoms with E-state index in [1.807, 2.05) is 27.7 Å². The average Bonchev–Trinajstić information content (AvgIpc) is 2.18. The van der Waals surface area contributed by atoms with Gasteiger partial charge in [-0.1, -0.05) is 20.8 Å². The van der Waals surface area contributed by atoms with Gasteiger partial charge in [0.1, 0.15) is 5.60 Å². The summed E-state index contributed by atoms with van der Waals surface area (Å²) in [7, 11) is 0. The molecule has 0 aromatic heterocycles. The van der Waals surface area contributed by atoms with Gasteiger partial charge in [0.25, 0.3) is 0 Å². The van der Waals surface area contributed by atoms with E-state index >= 15 is 0 Å². The van der Waals surface area contributed by atoms with Gasteiger partial charge < -0.3 is 20.5 Å². The van der Waals surface area contributed by atoms with E-state index in [2.05, 4.69) is 31.4 Å². The summed E-state index contributed by atoms with van der Waals surface area (Å²) in [5.41, 5.74) is -0.372. The van der Waals surface area contributed by atoms with Crippen molar-refractivity contribution in [2.75, 3.05) is 13.1 Å². The molecule has 20 heavy (non-hydrogen) atoms. The summed E-state index contributed by atoms with van der Waals surface area (Å²) in [5.74, 6) is 0. The van der Waals surface area contributed by atoms with Crippen LogP contribution in [0.4, 0.5) is 4.79 Å². The van der Waals surface area contributed by atoms with Crippen LogP contribution < -0.4 is 10.6 Å². The van der Waals surface area contributed by atoms with E-state index in [1.165, 1.54) is 0 Å². The standard InChI is InChI=1S/C15H32N2O3/c1-11(9-17-13(19)20-15(5,6)7)16-10-12(18)8-14(2,3)4/h11-12,16,18H,8-10H2,1-7H3,(H,17,19). The number of ether oxygens (including phenoxy) is 1. The van der Waals surface area contributed by atoms with Gasteiger partial charge in [0.15, 0.2) is 0 Å². The highest BCUT2D eigenvalue weighted by Crippen LogP contribution is 2.20. The van der Waals surface area contributed by atoms with Crippen LogP contribution in [0.3, 0.4) is 0 Å². The van der Waals surface area contributed by atoms with Crippen LogP contribution >= 0.6 is 0 Å². The summed E-state index contributed by atoms with van der Waals surface area (Å²) in [6.45, 7) is 14.7. The number of rotatable bonds is 6. The highest BCUT2D eigenvalue weighted by molar-refractivity contribution is 5.67. The number of carbonyl (C=O) groups is 1. The molecular formula is C15H32N2O3. The molecule has 2 unspecified atom stereocenters. The Bertz CT molecular complexity index is 292. The number of amides is 1. The summed E-state index contributed by atoms with van der Waals surface area (Å²) in [6, 6.07) is 0.0807. The lowest BCUT2D eigenvalue weighted by Crippen LogP contribution is -2.43. The minimum absolute atomic E-state index is 0.0807. The van der Waals surface area contributed by atoms with Crippen LogP contribution in [0.1, 0.15) is 54.9 Å². The van der Waals surface area contributed by atoms with Crippen molar-refractivity contribution in [3.8, 4) is 0 Å². The Morgan fingerprint density at radius 3 is 2.15 bits per heavy atom. The van der Waals surface area contributed by atoms with E-state index in [4.69, 9.17) is 4.74 Å². The summed E-state index contributed by atoms with van der Waals surface area (Å²) in [5, 5.41) is 15.8. The van der Waals surface area contributed by atoms with Crippen LogP contribution in [0.15, 0.2) is 0 Å². The first-order valence-corrected chi connectivity index (χ1v) is 7.27. The molecule has 0 aromatic rings. The van der Waals surface area contributed by atoms with Gasteiger partial charge in [-0.3, -0.25) is 0 Å². The van der Waals surface area contributed by atoms with E-state index in [-0.39, 0.29) is 17.6 Å². The Morgan fingerprint density at radius 1 is 1.15 bits per heavy atom. The Kier molecular flexibility index (Phi) is 7.52. The Balaban J connectivity index is 3.84. The molecule has 0 heterocycles. The second kappa shape index (κ2) is 7.84. The van der Waals surface area contributed by atoms with Crippen molar-refractivity contribution in [1.29, 1.82) is 0 Å². The van der Waals surface area contributed by atoms with Crippen molar-refractivity contribution in [1.82, 2.24) is 10.6 Å². The molecule has 0 aliphatic rings. The zero-order valence-electron chi connectivity index (χ0n) is 14.0. The zero-order chi connectivity index (χ0) is 16.0. The van der Waals surface area contributed by atoms with Crippen LogP contribution in [0.5, 0.6) is 0 Å². The van der Waals surface area contributed by atoms with E-state index in [0.717, 1.165) is 6.42 Å². The van der Waals surface area contributed by atoms with Gasteiger partial charge in [-0.05, 0) is 39.5 Å². The topological polar surface area (TPSA) is 70.6 Å². The first-order chi connectivity index (χ1) is 8.89. The quantitative estimate of drug-likeness (QED) is 0.701. The van der Waals surface area contributed by atoms with Gasteiger partial charge in [-0.2, -0.15) is 0 Å². The van der Waals surface area contributed by atoms with E-state index < -0.39 is 11.7 Å². The van der Waals surface area contributed by atoms with Gasteiger partial charge in [0, 0.05) is 19.1 Å². The Morgan fingerprint density at radius 2 is 1.70 bits per heavy atom. The van der Waals surface area contributed by atoms with Crippen LogP contribution in [0.25, 0.3) is 0 Å². The lowest BCUT2D eigenvalue weighted by atomic mass is 9.89. The van der Waals surface area contributed by atoms with Crippen LogP contribution in [-0.4, -0.2) is 42.0 Å². The lowest BCUT2D eigenvalue weighted by Gasteiger charge is -2.24. The monoisotopic (exact) mass is 288 g/mol. The number of hydrogen-bond acceptors (Lipinski definition) is 4. The van der Waals surface area contributed by atoms with Crippen molar-refractivity contribution >= 4 is 6.09 Å². The molecule has 0 aromatic carbocycles. The maximum Gasteiger partial charge on any atom is 0.407 e. The number of aliphatic hydroxyl groups is 1. The lowest BCUT2D eigenvalue weighted by molar-refractivity contribution is 0.0522. The van der Waals surface area contributed by atoms with Gasteiger partial charge in [-0.25, -0.2) is 4.79 Å². The highest BCUT2D eigenvalue weighted by Gasteiger charge is 2.18. The highest BCUT2D eigenvalue weighted by atomic mass is 16.6. The van der Waals surface area contributed by atoms with Gasteiger partial charge in [0.05, 0.1) is 6.10 Å². The smallest absolute Gasteiger partial charge is 0.407 e. The molecule has 0 bridgehead atoms. The largest absolute Gasteiger partial charge is 0.444 e. The predicted octanol–water partition coefficient (Wildman–Crippen LogP) is 2.29. The van der Waals surface area contributed by atoms with Crippen molar-refractivity contribution in [3.63, 3.8) is 0 Å². The second-order valence-electron chi connectivity index (χ2n) is 7.61. The second-order valence-corrected chi connectivity index (χ2v) is 7.61. The molecule has 0 rings (SSSR count).